The van der Waals surface area contributed by atoms with E-state index in [0.29, 0.717) is 31.2 Å². The molecule has 27 heavy (non-hydrogen) atoms. The number of unbranched alkanes of at least 4 members (excludes halogenated alkanes) is 1. The molecule has 2 rings (SSSR count). The summed E-state index contributed by atoms with van der Waals surface area (Å²) in [7, 11) is 1.74. The van der Waals surface area contributed by atoms with E-state index in [0.717, 1.165) is 29.0 Å². The van der Waals surface area contributed by atoms with Crippen molar-refractivity contribution in [3.8, 4) is 0 Å². The summed E-state index contributed by atoms with van der Waals surface area (Å²) in [6, 6.07) is 15.3. The quantitative estimate of drug-likeness (QED) is 0.368. The van der Waals surface area contributed by atoms with E-state index in [1.165, 1.54) is 0 Å². The number of nitrogens with zero attached hydrogens (tertiary/aromatic N) is 1. The van der Waals surface area contributed by atoms with Gasteiger partial charge in [-0.25, -0.2) is 0 Å². The Kier molecular flexibility index (Phi) is 8.65. The molecule has 0 fully saturated rings. The van der Waals surface area contributed by atoms with E-state index in [9.17, 15) is 4.79 Å². The van der Waals surface area contributed by atoms with Crippen molar-refractivity contribution < 1.29 is 4.79 Å². The average Bonchev–Trinajstić information content (AvgIpc) is 2.70. The molecule has 0 aliphatic rings. The number of hydrogen-bond donors (Lipinski definition) is 3. The van der Waals surface area contributed by atoms with Gasteiger partial charge in [0.2, 0.25) is 0 Å². The van der Waals surface area contributed by atoms with Crippen molar-refractivity contribution in [1.82, 2.24) is 16.0 Å². The summed E-state index contributed by atoms with van der Waals surface area (Å²) in [5, 5.41) is 10.2. The minimum atomic E-state index is -0.0246. The molecule has 0 spiro atoms. The molecule has 0 atom stereocenters. The van der Waals surface area contributed by atoms with E-state index in [1.54, 1.807) is 7.05 Å². The first-order valence-corrected chi connectivity index (χ1v) is 9.56. The van der Waals surface area contributed by atoms with Gasteiger partial charge in [0.05, 0.1) is 0 Å². The molecule has 144 valence electrons. The van der Waals surface area contributed by atoms with Crippen LogP contribution in [0.25, 0.3) is 0 Å². The number of nitrogens with one attached hydrogen (secondary N) is 3. The highest BCUT2D eigenvalue weighted by molar-refractivity contribution is 6.30. The zero-order valence-corrected chi connectivity index (χ0v) is 16.6. The van der Waals surface area contributed by atoms with Crippen molar-refractivity contribution in [3.63, 3.8) is 0 Å². The Morgan fingerprint density at radius 1 is 0.926 bits per heavy atom. The minimum absolute atomic E-state index is 0.0246. The van der Waals surface area contributed by atoms with Crippen LogP contribution in [0.1, 0.15) is 41.3 Å². The van der Waals surface area contributed by atoms with E-state index in [1.807, 2.05) is 48.5 Å². The third-order valence-corrected chi connectivity index (χ3v) is 4.34. The lowest BCUT2D eigenvalue weighted by molar-refractivity contribution is 0.0953. The topological polar surface area (TPSA) is 65.5 Å². The van der Waals surface area contributed by atoms with E-state index in [2.05, 4.69) is 27.9 Å². The van der Waals surface area contributed by atoms with E-state index in [4.69, 9.17) is 11.6 Å². The number of hydrogen-bond acceptors (Lipinski definition) is 2. The van der Waals surface area contributed by atoms with Gasteiger partial charge >= 0.3 is 0 Å². The molecule has 0 aliphatic carbocycles. The zero-order chi connectivity index (χ0) is 19.5. The Balaban J connectivity index is 1.80. The number of guanidine groups is 1. The van der Waals surface area contributed by atoms with Crippen LogP contribution in [0.3, 0.4) is 0 Å². The Labute approximate surface area is 166 Å². The van der Waals surface area contributed by atoms with E-state index < -0.39 is 0 Å². The molecule has 3 N–H and O–H groups in total. The van der Waals surface area contributed by atoms with Crippen LogP contribution < -0.4 is 16.0 Å². The van der Waals surface area contributed by atoms with Crippen molar-refractivity contribution in [1.29, 1.82) is 0 Å². The van der Waals surface area contributed by atoms with Gasteiger partial charge in [-0.15, -0.1) is 0 Å². The van der Waals surface area contributed by atoms with Gasteiger partial charge < -0.3 is 16.0 Å². The molecule has 6 heteroatoms. The third kappa shape index (κ3) is 7.31. The van der Waals surface area contributed by atoms with Crippen LogP contribution >= 0.6 is 11.6 Å². The van der Waals surface area contributed by atoms with Crippen LogP contribution in [-0.2, 0) is 13.1 Å². The monoisotopic (exact) mass is 386 g/mol. The molecule has 5 nitrogen and oxygen atoms in total. The summed E-state index contributed by atoms with van der Waals surface area (Å²) in [4.78, 5) is 16.2. The van der Waals surface area contributed by atoms with Crippen molar-refractivity contribution in [2.75, 3.05) is 13.6 Å². The van der Waals surface area contributed by atoms with E-state index >= 15 is 0 Å². The summed E-state index contributed by atoms with van der Waals surface area (Å²) < 4.78 is 0. The normalized spacial score (nSPS) is 11.1. The Bertz CT molecular complexity index is 742. The average molecular weight is 387 g/mol. The van der Waals surface area contributed by atoms with Crippen LogP contribution in [0, 0.1) is 0 Å². The van der Waals surface area contributed by atoms with Crippen LogP contribution in [0.2, 0.25) is 5.02 Å². The summed E-state index contributed by atoms with van der Waals surface area (Å²) in [5.74, 6) is 0.690. The fourth-order valence-electron chi connectivity index (χ4n) is 2.45. The molecular weight excluding hydrogens is 360 g/mol. The van der Waals surface area contributed by atoms with Crippen molar-refractivity contribution in [2.24, 2.45) is 4.99 Å². The van der Waals surface area contributed by atoms with Gasteiger partial charge in [0.25, 0.3) is 5.91 Å². The van der Waals surface area contributed by atoms with Gasteiger partial charge in [0, 0.05) is 37.3 Å². The molecule has 0 saturated carbocycles. The van der Waals surface area contributed by atoms with Crippen LogP contribution in [-0.4, -0.2) is 25.5 Å². The lowest BCUT2D eigenvalue weighted by Gasteiger charge is -2.12. The molecule has 0 aromatic heterocycles. The number of carbonyl (C=O) groups excluding carboxylic acids is 1. The van der Waals surface area contributed by atoms with Gasteiger partial charge in [-0.3, -0.25) is 9.79 Å². The fraction of sp³-hybridized carbons (Fsp3) is 0.333. The fourth-order valence-corrected chi connectivity index (χ4v) is 2.58. The number of benzene rings is 2. The van der Waals surface area contributed by atoms with E-state index in [-0.39, 0.29) is 5.91 Å². The van der Waals surface area contributed by atoms with Crippen LogP contribution in [0.15, 0.2) is 53.5 Å². The van der Waals surface area contributed by atoms with Crippen LogP contribution in [0.5, 0.6) is 0 Å². The maximum atomic E-state index is 12.0. The minimum Gasteiger partial charge on any atom is -0.352 e. The highest BCUT2D eigenvalue weighted by Gasteiger charge is 2.05. The first kappa shape index (κ1) is 20.8. The van der Waals surface area contributed by atoms with Gasteiger partial charge in [-0.05, 0) is 41.8 Å². The third-order valence-electron chi connectivity index (χ3n) is 4.09. The van der Waals surface area contributed by atoms with Gasteiger partial charge in [0.15, 0.2) is 5.96 Å². The van der Waals surface area contributed by atoms with Crippen LogP contribution in [0.4, 0.5) is 0 Å². The standard InChI is InChI=1S/C21H27ClN4O/c1-3-4-13-24-20(27)18-9-5-16(6-10-18)14-25-21(23-2)26-15-17-7-11-19(22)12-8-17/h5-12H,3-4,13-15H2,1-2H3,(H,24,27)(H2,23,25,26). The summed E-state index contributed by atoms with van der Waals surface area (Å²) in [6.07, 6.45) is 2.06. The first-order chi connectivity index (χ1) is 13.1. The summed E-state index contributed by atoms with van der Waals surface area (Å²) in [6.45, 7) is 4.10. The van der Waals surface area contributed by atoms with Crippen molar-refractivity contribution in [3.05, 3.63) is 70.2 Å². The largest absolute Gasteiger partial charge is 0.352 e. The summed E-state index contributed by atoms with van der Waals surface area (Å²) in [5.41, 5.74) is 2.88. The molecule has 0 bridgehead atoms. The smallest absolute Gasteiger partial charge is 0.251 e. The molecule has 0 heterocycles. The molecule has 0 aliphatic heterocycles. The Hall–Kier alpha value is -2.53. The van der Waals surface area contributed by atoms with Crippen molar-refractivity contribution >= 4 is 23.5 Å². The second-order valence-corrected chi connectivity index (χ2v) is 6.65. The maximum absolute atomic E-state index is 12.0. The highest BCUT2D eigenvalue weighted by atomic mass is 35.5. The number of halogens is 1. The predicted octanol–water partition coefficient (Wildman–Crippen LogP) is 3.74. The molecule has 2 aromatic carbocycles. The lowest BCUT2D eigenvalue weighted by atomic mass is 10.1. The Morgan fingerprint density at radius 3 is 2.00 bits per heavy atom. The molecule has 1 amide bonds. The SMILES string of the molecule is CCCCNC(=O)c1ccc(CNC(=NC)NCc2ccc(Cl)cc2)cc1. The molecule has 2 aromatic rings. The highest BCUT2D eigenvalue weighted by Crippen LogP contribution is 2.09. The van der Waals surface area contributed by atoms with Gasteiger partial charge in [0.1, 0.15) is 0 Å². The first-order valence-electron chi connectivity index (χ1n) is 9.18. The summed E-state index contributed by atoms with van der Waals surface area (Å²) >= 11 is 5.90. The number of amides is 1. The molecule has 0 radical (unpaired) electrons. The van der Waals surface area contributed by atoms with Crippen molar-refractivity contribution in [2.45, 2.75) is 32.9 Å². The van der Waals surface area contributed by atoms with Gasteiger partial charge in [-0.1, -0.05) is 49.2 Å². The zero-order valence-electron chi connectivity index (χ0n) is 15.9. The predicted molar refractivity (Wildman–Crippen MR) is 112 cm³/mol. The lowest BCUT2D eigenvalue weighted by Crippen LogP contribution is -2.36. The number of rotatable bonds is 8. The number of carbonyl (C=O) groups is 1. The van der Waals surface area contributed by atoms with Gasteiger partial charge in [-0.2, -0.15) is 0 Å². The molecule has 0 saturated heterocycles. The number of aliphatic imine (C=N–C) groups is 1. The Morgan fingerprint density at radius 2 is 1.48 bits per heavy atom. The maximum Gasteiger partial charge on any atom is 0.251 e. The molecular formula is C21H27ClN4O. The second-order valence-electron chi connectivity index (χ2n) is 6.21. The molecule has 0 unspecified atom stereocenters. The second kappa shape index (κ2) is 11.2.